The number of hydrogen-bond donors (Lipinski definition) is 4. The smallest absolute Gasteiger partial charge is 0.417 e. The Morgan fingerprint density at radius 3 is 1.97 bits per heavy atom. The molecule has 9 nitrogen and oxygen atoms in total. The second-order valence-corrected chi connectivity index (χ2v) is 6.83. The van der Waals surface area contributed by atoms with Crippen LogP contribution in [0.15, 0.2) is 60.7 Å². The molecule has 1 saturated heterocycles. The van der Waals surface area contributed by atoms with Crippen molar-refractivity contribution in [1.29, 1.82) is 0 Å². The molecule has 0 aromatic heterocycles. The van der Waals surface area contributed by atoms with Gasteiger partial charge in [0.25, 0.3) is 0 Å². The first-order chi connectivity index (χ1) is 15.0. The molecule has 31 heavy (non-hydrogen) atoms. The maximum atomic E-state index is 10.7. The van der Waals surface area contributed by atoms with Gasteiger partial charge in [-0.25, -0.2) is 9.59 Å². The van der Waals surface area contributed by atoms with E-state index in [0.717, 1.165) is 17.5 Å². The Bertz CT molecular complexity index is 822. The van der Waals surface area contributed by atoms with Crippen molar-refractivity contribution < 1.29 is 34.2 Å². The molecule has 3 rings (SSSR count). The van der Waals surface area contributed by atoms with Crippen molar-refractivity contribution in [2.45, 2.75) is 38.1 Å². The summed E-state index contributed by atoms with van der Waals surface area (Å²) in [6.45, 7) is 1.12. The van der Waals surface area contributed by atoms with Crippen LogP contribution in [0.2, 0.25) is 0 Å². The minimum atomic E-state index is -1.57. The summed E-state index contributed by atoms with van der Waals surface area (Å²) in [5, 5.41) is 20.0. The summed E-state index contributed by atoms with van der Waals surface area (Å²) in [4.78, 5) is 36.7. The molecule has 9 heteroatoms. The lowest BCUT2D eigenvalue weighted by atomic mass is 10.0. The van der Waals surface area contributed by atoms with Crippen LogP contribution in [0.25, 0.3) is 0 Å². The normalized spacial score (nSPS) is 17.7. The van der Waals surface area contributed by atoms with Crippen molar-refractivity contribution in [1.82, 2.24) is 10.8 Å². The summed E-state index contributed by atoms with van der Waals surface area (Å²) in [7, 11) is 0. The number of hydrogen-bond acceptors (Lipinski definition) is 7. The first-order valence-electron chi connectivity index (χ1n) is 9.77. The van der Waals surface area contributed by atoms with Crippen LogP contribution in [0.3, 0.4) is 0 Å². The molecule has 1 aliphatic rings. The Balaban J connectivity index is 0.000000233. The van der Waals surface area contributed by atoms with Crippen molar-refractivity contribution in [2.24, 2.45) is 0 Å². The van der Waals surface area contributed by atoms with Crippen molar-refractivity contribution >= 4 is 17.9 Å². The molecular weight excluding hydrogens is 404 g/mol. The Morgan fingerprint density at radius 1 is 0.903 bits per heavy atom. The van der Waals surface area contributed by atoms with E-state index in [9.17, 15) is 14.4 Å². The van der Waals surface area contributed by atoms with Crippen LogP contribution in [0.1, 0.15) is 24.0 Å². The highest BCUT2D eigenvalue weighted by Crippen LogP contribution is 2.09. The summed E-state index contributed by atoms with van der Waals surface area (Å²) in [5.74, 6) is -3.58. The molecule has 2 aromatic rings. The Kier molecular flexibility index (Phi) is 10.2. The van der Waals surface area contributed by atoms with E-state index in [-0.39, 0.29) is 12.6 Å². The van der Waals surface area contributed by atoms with Crippen LogP contribution in [0.5, 0.6) is 0 Å². The van der Waals surface area contributed by atoms with Gasteiger partial charge in [-0.2, -0.15) is 5.48 Å². The minimum Gasteiger partial charge on any atom is -0.480 e. The molecule has 2 unspecified atom stereocenters. The number of esters is 1. The lowest BCUT2D eigenvalue weighted by Gasteiger charge is -2.27. The van der Waals surface area contributed by atoms with Gasteiger partial charge in [-0.05, 0) is 24.0 Å². The second kappa shape index (κ2) is 13.1. The van der Waals surface area contributed by atoms with Crippen LogP contribution >= 0.6 is 0 Å². The average molecular weight is 430 g/mol. The summed E-state index contributed by atoms with van der Waals surface area (Å²) < 4.78 is 4.45. The fraction of sp³-hybridized carbons (Fsp3) is 0.318. The lowest BCUT2D eigenvalue weighted by molar-refractivity contribution is -0.164. The molecule has 1 heterocycles. The zero-order valence-corrected chi connectivity index (χ0v) is 16.9. The number of piperidine rings is 1. The largest absolute Gasteiger partial charge is 0.480 e. The number of carboxylic acid groups (broad SMARTS) is 2. The molecule has 2 aromatic carbocycles. The summed E-state index contributed by atoms with van der Waals surface area (Å²) >= 11 is 0. The van der Waals surface area contributed by atoms with Crippen LogP contribution < -0.4 is 10.8 Å². The van der Waals surface area contributed by atoms with Gasteiger partial charge in [0, 0.05) is 12.6 Å². The molecule has 1 fully saturated rings. The molecule has 0 radical (unpaired) electrons. The van der Waals surface area contributed by atoms with Gasteiger partial charge in [0.1, 0.15) is 12.6 Å². The SMILES string of the molecule is O=C(O)C(=O)OCc1ccccc1.O=C(O)C1CCC(NOCc2ccccc2)CN1. The van der Waals surface area contributed by atoms with Crippen LogP contribution in [0.4, 0.5) is 0 Å². The molecular formula is C22H26N2O7. The van der Waals surface area contributed by atoms with Crippen molar-refractivity contribution in [3.05, 3.63) is 71.8 Å². The third-order valence-corrected chi connectivity index (χ3v) is 4.43. The fourth-order valence-corrected chi connectivity index (χ4v) is 2.77. The first-order valence-corrected chi connectivity index (χ1v) is 9.77. The van der Waals surface area contributed by atoms with Gasteiger partial charge in [-0.3, -0.25) is 9.63 Å². The molecule has 0 amide bonds. The second-order valence-electron chi connectivity index (χ2n) is 6.83. The zero-order valence-electron chi connectivity index (χ0n) is 16.9. The summed E-state index contributed by atoms with van der Waals surface area (Å²) in [5.41, 5.74) is 4.84. The third kappa shape index (κ3) is 9.39. The molecule has 4 N–H and O–H groups in total. The third-order valence-electron chi connectivity index (χ3n) is 4.43. The van der Waals surface area contributed by atoms with E-state index < -0.39 is 23.9 Å². The van der Waals surface area contributed by atoms with E-state index in [1.54, 1.807) is 24.3 Å². The van der Waals surface area contributed by atoms with Gasteiger partial charge in [-0.1, -0.05) is 60.7 Å². The van der Waals surface area contributed by atoms with E-state index in [1.165, 1.54) is 0 Å². The molecule has 166 valence electrons. The first kappa shape index (κ1) is 24.0. The highest BCUT2D eigenvalue weighted by molar-refractivity contribution is 6.28. The Labute approximate surface area is 179 Å². The van der Waals surface area contributed by atoms with Crippen LogP contribution in [0, 0.1) is 0 Å². The zero-order chi connectivity index (χ0) is 22.5. The maximum Gasteiger partial charge on any atom is 0.417 e. The molecule has 0 bridgehead atoms. The topological polar surface area (TPSA) is 134 Å². The van der Waals surface area contributed by atoms with Gasteiger partial charge in [0.05, 0.1) is 6.61 Å². The fourth-order valence-electron chi connectivity index (χ4n) is 2.77. The molecule has 0 saturated carbocycles. The molecule has 1 aliphatic heterocycles. The predicted molar refractivity (Wildman–Crippen MR) is 111 cm³/mol. The van der Waals surface area contributed by atoms with E-state index in [2.05, 4.69) is 15.5 Å². The lowest BCUT2D eigenvalue weighted by Crippen LogP contribution is -2.50. The molecule has 0 aliphatic carbocycles. The number of rotatable bonds is 7. The summed E-state index contributed by atoms with van der Waals surface area (Å²) in [6.07, 6.45) is 1.43. The predicted octanol–water partition coefficient (Wildman–Crippen LogP) is 1.73. The van der Waals surface area contributed by atoms with Gasteiger partial charge in [0.15, 0.2) is 0 Å². The van der Waals surface area contributed by atoms with Crippen molar-refractivity contribution in [2.75, 3.05) is 6.54 Å². The number of aliphatic carboxylic acids is 2. The molecule has 0 spiro atoms. The van der Waals surface area contributed by atoms with E-state index in [0.29, 0.717) is 19.6 Å². The van der Waals surface area contributed by atoms with Crippen LogP contribution in [-0.4, -0.2) is 46.7 Å². The number of benzene rings is 2. The number of nitrogens with one attached hydrogen (secondary N) is 2. The van der Waals surface area contributed by atoms with Crippen LogP contribution in [-0.2, 0) is 37.2 Å². The Hall–Kier alpha value is -3.27. The standard InChI is InChI=1S/C13H18N2O3.C9H8O4/c16-13(17)12-7-6-11(8-14-12)15-18-9-10-4-2-1-3-5-10;10-8(11)9(12)13-6-7-4-2-1-3-5-7/h1-5,11-12,14-15H,6-9H2,(H,16,17);1-5H,6H2,(H,10,11). The number of hydroxylamine groups is 1. The molecule has 2 atom stereocenters. The number of carbonyl (C=O) groups excluding carboxylic acids is 1. The quantitative estimate of drug-likeness (QED) is 0.294. The van der Waals surface area contributed by atoms with Gasteiger partial charge in [0.2, 0.25) is 0 Å². The monoisotopic (exact) mass is 430 g/mol. The van der Waals surface area contributed by atoms with E-state index in [4.69, 9.17) is 15.1 Å². The maximum absolute atomic E-state index is 10.7. The van der Waals surface area contributed by atoms with E-state index in [1.807, 2.05) is 36.4 Å². The van der Waals surface area contributed by atoms with Gasteiger partial charge < -0.3 is 20.3 Å². The summed E-state index contributed by atoms with van der Waals surface area (Å²) in [6, 6.07) is 18.5. The Morgan fingerprint density at radius 2 is 1.48 bits per heavy atom. The average Bonchev–Trinajstić information content (AvgIpc) is 2.79. The van der Waals surface area contributed by atoms with Gasteiger partial charge in [-0.15, -0.1) is 0 Å². The minimum absolute atomic E-state index is 0.00796. The highest BCUT2D eigenvalue weighted by atomic mass is 16.6. The number of carboxylic acids is 2. The van der Waals surface area contributed by atoms with Crippen molar-refractivity contribution in [3.63, 3.8) is 0 Å². The van der Waals surface area contributed by atoms with Crippen molar-refractivity contribution in [3.8, 4) is 0 Å². The number of carbonyl (C=O) groups is 3. The van der Waals surface area contributed by atoms with Gasteiger partial charge >= 0.3 is 17.9 Å². The highest BCUT2D eigenvalue weighted by Gasteiger charge is 2.25. The number of ether oxygens (including phenoxy) is 1. The van der Waals surface area contributed by atoms with E-state index >= 15 is 0 Å².